The molecule has 0 atom stereocenters. The van der Waals surface area contributed by atoms with Crippen LogP contribution in [0.25, 0.3) is 0 Å². The molecule has 2 heterocycles. The van der Waals surface area contributed by atoms with Gasteiger partial charge in [0, 0.05) is 49.7 Å². The lowest BCUT2D eigenvalue weighted by atomic mass is 9.92. The van der Waals surface area contributed by atoms with Gasteiger partial charge in [-0.05, 0) is 63.1 Å². The van der Waals surface area contributed by atoms with Crippen molar-refractivity contribution in [1.29, 1.82) is 0 Å². The first-order valence-corrected chi connectivity index (χ1v) is 12.0. The molecule has 8 nitrogen and oxygen atoms in total. The van der Waals surface area contributed by atoms with E-state index in [0.717, 1.165) is 25.2 Å². The number of alkyl halides is 3. The Bertz CT molecular complexity index is 1090. The van der Waals surface area contributed by atoms with Crippen molar-refractivity contribution in [2.75, 3.05) is 38.1 Å². The maximum Gasteiger partial charge on any atom is 0.416 e. The van der Waals surface area contributed by atoms with Crippen molar-refractivity contribution in [1.82, 2.24) is 15.2 Å². The second kappa shape index (κ2) is 10.7. The van der Waals surface area contributed by atoms with E-state index < -0.39 is 23.6 Å². The summed E-state index contributed by atoms with van der Waals surface area (Å²) in [6.45, 7) is 2.66. The maximum absolute atomic E-state index is 13.6. The molecule has 2 aliphatic rings. The van der Waals surface area contributed by atoms with E-state index in [1.807, 2.05) is 11.9 Å². The Morgan fingerprint density at radius 2 is 1.78 bits per heavy atom. The molecule has 0 radical (unpaired) electrons. The van der Waals surface area contributed by atoms with Crippen LogP contribution in [-0.2, 0) is 6.18 Å². The number of anilines is 1. The lowest BCUT2D eigenvalue weighted by Gasteiger charge is -2.34. The number of aromatic nitrogens is 1. The number of pyridine rings is 1. The first-order chi connectivity index (χ1) is 17.1. The van der Waals surface area contributed by atoms with Gasteiger partial charge < -0.3 is 25.6 Å². The third-order valence-electron chi connectivity index (χ3n) is 6.70. The summed E-state index contributed by atoms with van der Waals surface area (Å²) in [6, 6.07) is 6.51. The smallest absolute Gasteiger partial charge is 0.416 e. The summed E-state index contributed by atoms with van der Waals surface area (Å²) in [6.07, 6.45) is -0.896. The number of nitrogens with zero attached hydrogens (tertiary/aromatic N) is 3. The van der Waals surface area contributed by atoms with E-state index in [4.69, 9.17) is 10.5 Å². The molecular formula is C25H30F3N5O3. The van der Waals surface area contributed by atoms with Gasteiger partial charge in [-0.1, -0.05) is 0 Å². The minimum Gasteiger partial charge on any atom is -0.474 e. The van der Waals surface area contributed by atoms with Crippen molar-refractivity contribution < 1.29 is 27.5 Å². The molecule has 1 aliphatic carbocycles. The van der Waals surface area contributed by atoms with Crippen LogP contribution in [0.5, 0.6) is 5.88 Å². The first-order valence-electron chi connectivity index (χ1n) is 12.0. The van der Waals surface area contributed by atoms with Crippen LogP contribution < -0.4 is 20.7 Å². The van der Waals surface area contributed by atoms with Gasteiger partial charge in [0.05, 0.1) is 5.56 Å². The predicted octanol–water partition coefficient (Wildman–Crippen LogP) is 3.07. The number of benzene rings is 1. The Balaban J connectivity index is 1.40. The van der Waals surface area contributed by atoms with Crippen LogP contribution in [0.15, 0.2) is 36.5 Å². The van der Waals surface area contributed by atoms with Gasteiger partial charge in [0.15, 0.2) is 0 Å². The highest BCUT2D eigenvalue weighted by atomic mass is 19.4. The minimum absolute atomic E-state index is 0.00304. The van der Waals surface area contributed by atoms with E-state index >= 15 is 0 Å². The number of rotatable bonds is 6. The first kappa shape index (κ1) is 25.7. The van der Waals surface area contributed by atoms with E-state index in [9.17, 15) is 22.8 Å². The van der Waals surface area contributed by atoms with Gasteiger partial charge in [-0.25, -0.2) is 4.98 Å². The standard InChI is InChI=1S/C25H30F3N5O3/c1-32-9-11-33(12-10-32)19-14-16(13-17(15-19)25(26,27)28)23(35)31-18-4-6-20(7-5-18)36-24-21(22(29)34)3-2-8-30-24/h2-3,8,13-15,18,20H,4-7,9-12H2,1H3,(H2,29,34)(H,31,35). The molecule has 0 unspecified atom stereocenters. The molecule has 11 heteroatoms. The summed E-state index contributed by atoms with van der Waals surface area (Å²) in [5.41, 5.74) is 5.14. The predicted molar refractivity (Wildman–Crippen MR) is 128 cm³/mol. The number of likely N-dealkylation sites (N-methyl/N-ethyl adjacent to an activating group) is 1. The van der Waals surface area contributed by atoms with Gasteiger partial charge in [-0.2, -0.15) is 13.2 Å². The molecular weight excluding hydrogens is 475 g/mol. The Morgan fingerprint density at radius 1 is 1.08 bits per heavy atom. The van der Waals surface area contributed by atoms with Crippen molar-refractivity contribution in [2.45, 2.75) is 44.0 Å². The van der Waals surface area contributed by atoms with Crippen molar-refractivity contribution >= 4 is 17.5 Å². The molecule has 3 N–H and O–H groups in total. The van der Waals surface area contributed by atoms with Crippen molar-refractivity contribution in [3.63, 3.8) is 0 Å². The third-order valence-corrected chi connectivity index (χ3v) is 6.70. The largest absolute Gasteiger partial charge is 0.474 e. The number of hydrogen-bond donors (Lipinski definition) is 2. The summed E-state index contributed by atoms with van der Waals surface area (Å²) in [4.78, 5) is 32.6. The molecule has 1 saturated heterocycles. The summed E-state index contributed by atoms with van der Waals surface area (Å²) in [5, 5.41) is 2.89. The highest BCUT2D eigenvalue weighted by Gasteiger charge is 2.33. The fourth-order valence-corrected chi connectivity index (χ4v) is 4.58. The number of ether oxygens (including phenoxy) is 1. The van der Waals surface area contributed by atoms with Crippen molar-refractivity contribution in [3.8, 4) is 5.88 Å². The molecule has 2 aromatic rings. The van der Waals surface area contributed by atoms with E-state index in [1.54, 1.807) is 12.1 Å². The van der Waals surface area contributed by atoms with Crippen LogP contribution in [0.2, 0.25) is 0 Å². The molecule has 2 amide bonds. The molecule has 1 aromatic heterocycles. The van der Waals surface area contributed by atoms with E-state index in [0.29, 0.717) is 44.5 Å². The third kappa shape index (κ3) is 6.26. The van der Waals surface area contributed by atoms with Gasteiger partial charge in [0.2, 0.25) is 5.88 Å². The summed E-state index contributed by atoms with van der Waals surface area (Å²) < 4.78 is 46.6. The number of halogens is 3. The molecule has 0 spiro atoms. The fourth-order valence-electron chi connectivity index (χ4n) is 4.58. The SMILES string of the molecule is CN1CCN(c2cc(C(=O)NC3CCC(Oc4ncccc4C(N)=O)CC3)cc(C(F)(F)F)c2)CC1. The monoisotopic (exact) mass is 505 g/mol. The average Bonchev–Trinajstić information content (AvgIpc) is 2.85. The zero-order chi connectivity index (χ0) is 25.9. The zero-order valence-electron chi connectivity index (χ0n) is 20.1. The van der Waals surface area contributed by atoms with Crippen molar-refractivity contribution in [3.05, 3.63) is 53.2 Å². The summed E-state index contributed by atoms with van der Waals surface area (Å²) >= 11 is 0. The summed E-state index contributed by atoms with van der Waals surface area (Å²) in [5.74, 6) is -0.976. The second-order valence-electron chi connectivity index (χ2n) is 9.34. The number of amides is 2. The topological polar surface area (TPSA) is 101 Å². The molecule has 194 valence electrons. The quantitative estimate of drug-likeness (QED) is 0.626. The second-order valence-corrected chi connectivity index (χ2v) is 9.34. The number of piperazine rings is 1. The average molecular weight is 506 g/mol. The van der Waals surface area contributed by atoms with Gasteiger partial charge in [-0.15, -0.1) is 0 Å². The van der Waals surface area contributed by atoms with Crippen LogP contribution in [0.1, 0.15) is 52.0 Å². The van der Waals surface area contributed by atoms with E-state index in [2.05, 4.69) is 15.2 Å². The fraction of sp³-hybridized carbons (Fsp3) is 0.480. The van der Waals surface area contributed by atoms with Crippen molar-refractivity contribution in [2.24, 2.45) is 5.73 Å². The lowest BCUT2D eigenvalue weighted by Crippen LogP contribution is -2.44. The molecule has 2 fully saturated rings. The number of hydrogen-bond acceptors (Lipinski definition) is 6. The highest BCUT2D eigenvalue weighted by molar-refractivity contribution is 5.96. The summed E-state index contributed by atoms with van der Waals surface area (Å²) in [7, 11) is 1.97. The number of carbonyl (C=O) groups excluding carboxylic acids is 2. The molecule has 1 aliphatic heterocycles. The molecule has 1 saturated carbocycles. The van der Waals surface area contributed by atoms with Crippen LogP contribution in [0.4, 0.5) is 18.9 Å². The normalized spacial score (nSPS) is 21.2. The van der Waals surface area contributed by atoms with Gasteiger partial charge >= 0.3 is 6.18 Å². The molecule has 4 rings (SSSR count). The van der Waals surface area contributed by atoms with Gasteiger partial charge in [0.1, 0.15) is 11.7 Å². The molecule has 36 heavy (non-hydrogen) atoms. The Hall–Kier alpha value is -3.34. The Morgan fingerprint density at radius 3 is 2.42 bits per heavy atom. The number of carbonyl (C=O) groups is 2. The zero-order valence-corrected chi connectivity index (χ0v) is 20.1. The minimum atomic E-state index is -4.55. The Kier molecular flexibility index (Phi) is 7.67. The maximum atomic E-state index is 13.6. The van der Waals surface area contributed by atoms with Gasteiger partial charge in [-0.3, -0.25) is 9.59 Å². The van der Waals surface area contributed by atoms with Crippen LogP contribution in [0, 0.1) is 0 Å². The number of primary amides is 1. The van der Waals surface area contributed by atoms with Crippen LogP contribution in [-0.4, -0.2) is 67.1 Å². The Labute approximate surface area is 207 Å². The molecule has 0 bridgehead atoms. The van der Waals surface area contributed by atoms with E-state index in [-0.39, 0.29) is 29.2 Å². The van der Waals surface area contributed by atoms with Crippen LogP contribution >= 0.6 is 0 Å². The van der Waals surface area contributed by atoms with Crippen LogP contribution in [0.3, 0.4) is 0 Å². The lowest BCUT2D eigenvalue weighted by molar-refractivity contribution is -0.137. The number of nitrogens with one attached hydrogen (secondary N) is 1. The highest BCUT2D eigenvalue weighted by Crippen LogP contribution is 2.33. The molecule has 1 aromatic carbocycles. The number of nitrogens with two attached hydrogens (primary N) is 1. The van der Waals surface area contributed by atoms with E-state index in [1.165, 1.54) is 12.3 Å². The van der Waals surface area contributed by atoms with Gasteiger partial charge in [0.25, 0.3) is 11.8 Å².